The van der Waals surface area contributed by atoms with Crippen molar-refractivity contribution in [3.05, 3.63) is 48.5 Å². The first-order valence-electron chi connectivity index (χ1n) is 5.14. The molecule has 0 aromatic heterocycles. The lowest BCUT2D eigenvalue weighted by molar-refractivity contribution is 1.73. The summed E-state index contributed by atoms with van der Waals surface area (Å²) in [4.78, 5) is 0. The lowest BCUT2D eigenvalue weighted by Crippen LogP contribution is -1.89. The Bertz CT molecular complexity index is 625. The minimum absolute atomic E-state index is 0.752. The fraction of sp³-hybridized carbons (Fsp3) is 0. The van der Waals surface area contributed by atoms with Crippen molar-refractivity contribution in [2.45, 2.75) is 0 Å². The molecule has 0 fully saturated rings. The maximum atomic E-state index is 5.93. The Hall–Kier alpha value is -2.22. The topological polar surface area (TPSA) is 52.0 Å². The summed E-state index contributed by atoms with van der Waals surface area (Å²) in [5.74, 6) is 0. The number of nitrogens with two attached hydrogens (primary N) is 2. The van der Waals surface area contributed by atoms with E-state index in [0.717, 1.165) is 32.9 Å². The average molecular weight is 207 g/mol. The maximum Gasteiger partial charge on any atom is 0.0400 e. The van der Waals surface area contributed by atoms with Gasteiger partial charge in [0.15, 0.2) is 0 Å². The first-order valence-corrected chi connectivity index (χ1v) is 5.14. The Balaban J connectivity index is 2.54. The molecule has 0 saturated carbocycles. The normalized spacial score (nSPS) is 11.0. The fourth-order valence-electron chi connectivity index (χ4n) is 2.00. The van der Waals surface area contributed by atoms with Gasteiger partial charge in [-0.3, -0.25) is 0 Å². The number of nitrogen functional groups attached to an aromatic ring is 2. The van der Waals surface area contributed by atoms with E-state index in [-0.39, 0.29) is 0 Å². The van der Waals surface area contributed by atoms with E-state index in [1.165, 1.54) is 0 Å². The van der Waals surface area contributed by atoms with Crippen LogP contribution in [0.15, 0.2) is 42.5 Å². The monoisotopic (exact) mass is 207 g/mol. The second kappa shape index (κ2) is 3.14. The number of hydrogen-bond donors (Lipinski definition) is 2. The van der Waals surface area contributed by atoms with Crippen LogP contribution in [0.3, 0.4) is 0 Å². The maximum absolute atomic E-state index is 5.93. The van der Waals surface area contributed by atoms with Gasteiger partial charge in [0.1, 0.15) is 0 Å². The van der Waals surface area contributed by atoms with Crippen LogP contribution in [0.5, 0.6) is 0 Å². The Labute approximate surface area is 93.5 Å². The number of hydrogen-bond acceptors (Lipinski definition) is 2. The third-order valence-corrected chi connectivity index (χ3v) is 2.83. The molecule has 0 saturated heterocycles. The van der Waals surface area contributed by atoms with Crippen molar-refractivity contribution in [1.29, 1.82) is 0 Å². The summed E-state index contributed by atoms with van der Waals surface area (Å²) in [7, 11) is 0. The first kappa shape index (κ1) is 9.04. The van der Waals surface area contributed by atoms with Gasteiger partial charge in [-0.05, 0) is 29.0 Å². The molecule has 0 amide bonds. The van der Waals surface area contributed by atoms with Gasteiger partial charge in [0.2, 0.25) is 0 Å². The molecule has 3 aromatic rings. The number of anilines is 2. The van der Waals surface area contributed by atoms with Crippen LogP contribution in [0.2, 0.25) is 0 Å². The Morgan fingerprint density at radius 3 is 2.50 bits per heavy atom. The van der Waals surface area contributed by atoms with Gasteiger partial charge in [-0.15, -0.1) is 0 Å². The summed E-state index contributed by atoms with van der Waals surface area (Å²) in [5.41, 5.74) is 13.4. The molecule has 0 bridgehead atoms. The van der Waals surface area contributed by atoms with Crippen molar-refractivity contribution < 1.29 is 0 Å². The SMILES string of the molecule is Nc1cccc2cc3c(N)cccc3[c]c12. The molecule has 2 nitrogen and oxygen atoms in total. The molecule has 0 aliphatic carbocycles. The van der Waals surface area contributed by atoms with E-state index in [2.05, 4.69) is 12.1 Å². The highest BCUT2D eigenvalue weighted by Crippen LogP contribution is 2.28. The summed E-state index contributed by atoms with van der Waals surface area (Å²) in [5, 5.41) is 4.07. The zero-order valence-electron chi connectivity index (χ0n) is 8.70. The van der Waals surface area contributed by atoms with Crippen LogP contribution >= 0.6 is 0 Å². The molecular formula is C14H11N2. The third-order valence-electron chi connectivity index (χ3n) is 2.83. The average Bonchev–Trinajstić information content (AvgIpc) is 2.29. The molecule has 3 aromatic carbocycles. The number of benzene rings is 3. The summed E-state index contributed by atoms with van der Waals surface area (Å²) < 4.78 is 0. The highest BCUT2D eigenvalue weighted by atomic mass is 14.6. The van der Waals surface area contributed by atoms with E-state index in [1.807, 2.05) is 36.4 Å². The van der Waals surface area contributed by atoms with Crippen molar-refractivity contribution in [3.63, 3.8) is 0 Å². The first-order chi connectivity index (χ1) is 7.75. The molecule has 3 rings (SSSR count). The van der Waals surface area contributed by atoms with Crippen LogP contribution in [0, 0.1) is 6.07 Å². The molecule has 0 atom stereocenters. The highest BCUT2D eigenvalue weighted by Gasteiger charge is 2.02. The number of fused-ring (bicyclic) bond motifs is 2. The third kappa shape index (κ3) is 1.20. The molecule has 0 aliphatic rings. The summed E-state index contributed by atoms with van der Waals surface area (Å²) in [6.45, 7) is 0. The van der Waals surface area contributed by atoms with Crippen molar-refractivity contribution in [1.82, 2.24) is 0 Å². The van der Waals surface area contributed by atoms with E-state index in [9.17, 15) is 0 Å². The zero-order valence-corrected chi connectivity index (χ0v) is 8.70. The summed E-state index contributed by atoms with van der Waals surface area (Å²) >= 11 is 0. The zero-order chi connectivity index (χ0) is 11.1. The van der Waals surface area contributed by atoms with Gasteiger partial charge in [0.05, 0.1) is 0 Å². The van der Waals surface area contributed by atoms with E-state index in [4.69, 9.17) is 11.5 Å². The van der Waals surface area contributed by atoms with Crippen molar-refractivity contribution in [2.24, 2.45) is 0 Å². The molecule has 77 valence electrons. The molecule has 16 heavy (non-hydrogen) atoms. The van der Waals surface area contributed by atoms with Crippen LogP contribution in [0.1, 0.15) is 0 Å². The molecule has 2 heteroatoms. The summed E-state index contributed by atoms with van der Waals surface area (Å²) in [6, 6.07) is 17.0. The summed E-state index contributed by atoms with van der Waals surface area (Å²) in [6.07, 6.45) is 0. The van der Waals surface area contributed by atoms with Crippen LogP contribution in [-0.2, 0) is 0 Å². The van der Waals surface area contributed by atoms with E-state index in [0.29, 0.717) is 0 Å². The highest BCUT2D eigenvalue weighted by molar-refractivity contribution is 6.05. The second-order valence-electron chi connectivity index (χ2n) is 3.89. The van der Waals surface area contributed by atoms with E-state index < -0.39 is 0 Å². The quantitative estimate of drug-likeness (QED) is 0.440. The lowest BCUT2D eigenvalue weighted by atomic mass is 10.0. The van der Waals surface area contributed by atoms with E-state index >= 15 is 0 Å². The standard InChI is InChI=1S/C14H11N2/c15-13-5-1-3-9-7-12-10(8-11(9)13)4-2-6-14(12)16/h1-7H,15-16H2. The van der Waals surface area contributed by atoms with Gasteiger partial charge in [-0.2, -0.15) is 0 Å². The fourth-order valence-corrected chi connectivity index (χ4v) is 2.00. The Morgan fingerprint density at radius 2 is 1.62 bits per heavy atom. The molecule has 0 unspecified atom stereocenters. The van der Waals surface area contributed by atoms with Gasteiger partial charge >= 0.3 is 0 Å². The van der Waals surface area contributed by atoms with Gasteiger partial charge in [0, 0.05) is 28.2 Å². The Morgan fingerprint density at radius 1 is 0.875 bits per heavy atom. The minimum Gasteiger partial charge on any atom is -0.398 e. The predicted octanol–water partition coefficient (Wildman–Crippen LogP) is 2.96. The smallest absolute Gasteiger partial charge is 0.0400 e. The van der Waals surface area contributed by atoms with Crippen LogP contribution in [0.25, 0.3) is 21.5 Å². The van der Waals surface area contributed by atoms with Gasteiger partial charge in [-0.25, -0.2) is 0 Å². The molecule has 0 heterocycles. The molecule has 1 radical (unpaired) electrons. The second-order valence-corrected chi connectivity index (χ2v) is 3.89. The molecular weight excluding hydrogens is 196 g/mol. The van der Waals surface area contributed by atoms with Crippen molar-refractivity contribution >= 4 is 32.9 Å². The van der Waals surface area contributed by atoms with Crippen LogP contribution < -0.4 is 11.5 Å². The lowest BCUT2D eigenvalue weighted by Gasteiger charge is -2.06. The van der Waals surface area contributed by atoms with Gasteiger partial charge in [0.25, 0.3) is 0 Å². The molecule has 0 aliphatic heterocycles. The molecule has 0 spiro atoms. The minimum atomic E-state index is 0.752. The van der Waals surface area contributed by atoms with Gasteiger partial charge in [-0.1, -0.05) is 24.3 Å². The van der Waals surface area contributed by atoms with Crippen LogP contribution in [0.4, 0.5) is 11.4 Å². The molecule has 4 N–H and O–H groups in total. The van der Waals surface area contributed by atoms with E-state index in [1.54, 1.807) is 0 Å². The Kier molecular flexibility index (Phi) is 1.77. The predicted molar refractivity (Wildman–Crippen MR) is 69.1 cm³/mol. The van der Waals surface area contributed by atoms with Gasteiger partial charge < -0.3 is 11.5 Å². The largest absolute Gasteiger partial charge is 0.398 e. The van der Waals surface area contributed by atoms with Crippen molar-refractivity contribution in [3.8, 4) is 0 Å². The van der Waals surface area contributed by atoms with Crippen molar-refractivity contribution in [2.75, 3.05) is 11.5 Å². The van der Waals surface area contributed by atoms with Crippen LogP contribution in [-0.4, -0.2) is 0 Å². The number of rotatable bonds is 0.